The molecule has 0 saturated carbocycles. The molecule has 174 valence electrons. The van der Waals surface area contributed by atoms with E-state index in [-0.39, 0.29) is 12.5 Å². The van der Waals surface area contributed by atoms with Gasteiger partial charge in [0.05, 0.1) is 5.56 Å². The molecule has 3 N–H and O–H groups in total. The van der Waals surface area contributed by atoms with E-state index in [0.717, 1.165) is 15.2 Å². The van der Waals surface area contributed by atoms with Gasteiger partial charge in [0.2, 0.25) is 6.79 Å². The first-order valence-corrected chi connectivity index (χ1v) is 11.6. The van der Waals surface area contributed by atoms with Gasteiger partial charge in [0.25, 0.3) is 11.8 Å². The van der Waals surface area contributed by atoms with Crippen LogP contribution in [0.1, 0.15) is 32.4 Å². The van der Waals surface area contributed by atoms with Crippen LogP contribution in [-0.4, -0.2) is 28.7 Å². The fourth-order valence-electron chi connectivity index (χ4n) is 4.38. The number of fused-ring (bicyclic) bond motifs is 3. The third-order valence-electron chi connectivity index (χ3n) is 6.06. The molecule has 0 bridgehead atoms. The summed E-state index contributed by atoms with van der Waals surface area (Å²) in [5.74, 6) is 0.0675. The Morgan fingerprint density at radius 2 is 1.86 bits per heavy atom. The van der Waals surface area contributed by atoms with Crippen molar-refractivity contribution in [2.75, 3.05) is 12.1 Å². The maximum Gasteiger partial charge on any atom is 0.276 e. The van der Waals surface area contributed by atoms with Gasteiger partial charge in [-0.3, -0.25) is 15.0 Å². The molecule has 0 saturated heterocycles. The molecule has 4 aromatic rings. The van der Waals surface area contributed by atoms with Crippen molar-refractivity contribution < 1.29 is 24.2 Å². The molecule has 0 aromatic heterocycles. The summed E-state index contributed by atoms with van der Waals surface area (Å²) in [6.07, 6.45) is -0.875. The van der Waals surface area contributed by atoms with Crippen LogP contribution in [0.5, 0.6) is 17.2 Å². The highest BCUT2D eigenvalue weighted by Crippen LogP contribution is 2.40. The fourth-order valence-corrected chi connectivity index (χ4v) is 4.74. The number of halogens is 1. The van der Waals surface area contributed by atoms with Crippen LogP contribution in [0.3, 0.4) is 0 Å². The molecule has 2 amide bonds. The zero-order chi connectivity index (χ0) is 24.1. The summed E-state index contributed by atoms with van der Waals surface area (Å²) in [4.78, 5) is 26.9. The van der Waals surface area contributed by atoms with Crippen LogP contribution in [0.4, 0.5) is 5.69 Å². The van der Waals surface area contributed by atoms with E-state index in [1.54, 1.807) is 42.5 Å². The van der Waals surface area contributed by atoms with Crippen LogP contribution in [0.25, 0.3) is 10.8 Å². The van der Waals surface area contributed by atoms with Gasteiger partial charge in [-0.05, 0) is 53.2 Å². The first-order chi connectivity index (χ1) is 17.0. The lowest BCUT2D eigenvalue weighted by Crippen LogP contribution is -2.53. The number of nitrogens with zero attached hydrogens (tertiary/aromatic N) is 1. The predicted octanol–water partition coefficient (Wildman–Crippen LogP) is 4.95. The van der Waals surface area contributed by atoms with Crippen molar-refractivity contribution in [3.05, 3.63) is 94.0 Å². The number of phenolic OH excluding ortho intramolecular Hbond substituents is 1. The molecule has 1 atom stereocenters. The lowest BCUT2D eigenvalue weighted by Gasteiger charge is -2.38. The minimum Gasteiger partial charge on any atom is -0.507 e. The zero-order valence-electron chi connectivity index (χ0n) is 18.1. The molecule has 9 heteroatoms. The van der Waals surface area contributed by atoms with E-state index in [2.05, 4.69) is 26.7 Å². The molecule has 2 aliphatic heterocycles. The number of phenols is 1. The molecule has 0 fully saturated rings. The standard InChI is InChI=1S/C26H18BrN3O5/c27-16-7-8-19-18(12-16)26(33)30(29-25(32)15-6-10-21-22(11-15)35-13-34-21)24(28-19)23-17-4-2-1-3-14(17)5-9-20(23)31/h1-12,24,28,31H,13H2,(H,29,32). The van der Waals surface area contributed by atoms with Gasteiger partial charge in [0.15, 0.2) is 17.7 Å². The van der Waals surface area contributed by atoms with E-state index in [1.807, 2.05) is 30.3 Å². The molecular formula is C26H18BrN3O5. The van der Waals surface area contributed by atoms with Crippen LogP contribution in [0.15, 0.2) is 77.3 Å². The SMILES string of the molecule is O=C(NN1C(=O)c2cc(Br)ccc2NC1c1c(O)ccc2ccccc12)c1ccc2c(c1)OCO2. The zero-order valence-corrected chi connectivity index (χ0v) is 19.7. The first-order valence-electron chi connectivity index (χ1n) is 10.8. The maximum absolute atomic E-state index is 13.7. The summed E-state index contributed by atoms with van der Waals surface area (Å²) in [5.41, 5.74) is 4.46. The van der Waals surface area contributed by atoms with Crippen molar-refractivity contribution in [1.29, 1.82) is 0 Å². The Hall–Kier alpha value is -4.24. The van der Waals surface area contributed by atoms with Gasteiger partial charge >= 0.3 is 0 Å². The first kappa shape index (κ1) is 21.3. The van der Waals surface area contributed by atoms with Crippen molar-refractivity contribution in [2.24, 2.45) is 0 Å². The summed E-state index contributed by atoms with van der Waals surface area (Å²) >= 11 is 3.41. The van der Waals surface area contributed by atoms with Gasteiger partial charge in [-0.2, -0.15) is 0 Å². The van der Waals surface area contributed by atoms with Gasteiger partial charge in [-0.1, -0.05) is 46.3 Å². The van der Waals surface area contributed by atoms with Crippen LogP contribution >= 0.6 is 15.9 Å². The minimum absolute atomic E-state index is 0.00288. The lowest BCUT2D eigenvalue weighted by molar-refractivity contribution is 0.0490. The van der Waals surface area contributed by atoms with Crippen molar-refractivity contribution in [1.82, 2.24) is 10.4 Å². The Morgan fingerprint density at radius 1 is 1.03 bits per heavy atom. The number of rotatable bonds is 3. The molecule has 8 nitrogen and oxygen atoms in total. The summed E-state index contributed by atoms with van der Waals surface area (Å²) in [7, 11) is 0. The van der Waals surface area contributed by atoms with Crippen LogP contribution < -0.4 is 20.2 Å². The number of ether oxygens (including phenoxy) is 2. The smallest absolute Gasteiger partial charge is 0.276 e. The molecule has 2 aliphatic rings. The Morgan fingerprint density at radius 3 is 2.74 bits per heavy atom. The number of anilines is 1. The van der Waals surface area contributed by atoms with Gasteiger partial charge in [-0.15, -0.1) is 0 Å². The highest BCUT2D eigenvalue weighted by molar-refractivity contribution is 9.10. The molecule has 0 spiro atoms. The number of aromatic hydroxyl groups is 1. The van der Waals surface area contributed by atoms with Crippen molar-refractivity contribution in [3.8, 4) is 17.2 Å². The second-order valence-corrected chi connectivity index (χ2v) is 9.06. The number of hydrogen-bond donors (Lipinski definition) is 3. The Kier molecular flexibility index (Phi) is 5.00. The highest BCUT2D eigenvalue weighted by Gasteiger charge is 2.37. The second kappa shape index (κ2) is 8.21. The molecule has 4 aromatic carbocycles. The third-order valence-corrected chi connectivity index (χ3v) is 6.55. The normalized spacial score (nSPS) is 16.1. The summed E-state index contributed by atoms with van der Waals surface area (Å²) in [6.45, 7) is 0.0863. The van der Waals surface area contributed by atoms with E-state index in [9.17, 15) is 14.7 Å². The average Bonchev–Trinajstić information content (AvgIpc) is 3.34. The number of hydrogen-bond acceptors (Lipinski definition) is 6. The van der Waals surface area contributed by atoms with E-state index in [1.165, 1.54) is 5.01 Å². The molecule has 1 unspecified atom stereocenters. The van der Waals surface area contributed by atoms with E-state index in [4.69, 9.17) is 9.47 Å². The van der Waals surface area contributed by atoms with E-state index < -0.39 is 18.0 Å². The Labute approximate surface area is 208 Å². The number of hydrazine groups is 1. The number of carbonyl (C=O) groups is 2. The maximum atomic E-state index is 13.7. The van der Waals surface area contributed by atoms with E-state index >= 15 is 0 Å². The summed E-state index contributed by atoms with van der Waals surface area (Å²) < 4.78 is 11.4. The topological polar surface area (TPSA) is 100 Å². The number of nitrogens with one attached hydrogen (secondary N) is 2. The monoisotopic (exact) mass is 531 g/mol. The Balaban J connectivity index is 1.45. The lowest BCUT2D eigenvalue weighted by atomic mass is 9.98. The van der Waals surface area contributed by atoms with Crippen LogP contribution in [0.2, 0.25) is 0 Å². The molecule has 35 heavy (non-hydrogen) atoms. The van der Waals surface area contributed by atoms with Crippen molar-refractivity contribution >= 4 is 44.2 Å². The predicted molar refractivity (Wildman–Crippen MR) is 132 cm³/mol. The van der Waals surface area contributed by atoms with Crippen LogP contribution in [-0.2, 0) is 0 Å². The third kappa shape index (κ3) is 3.60. The molecular weight excluding hydrogens is 514 g/mol. The van der Waals surface area contributed by atoms with E-state index in [0.29, 0.717) is 33.9 Å². The van der Waals surface area contributed by atoms with Crippen molar-refractivity contribution in [2.45, 2.75) is 6.17 Å². The summed E-state index contributed by atoms with van der Waals surface area (Å²) in [5, 5.41) is 17.1. The second-order valence-electron chi connectivity index (χ2n) is 8.14. The van der Waals surface area contributed by atoms with Crippen LogP contribution in [0, 0.1) is 0 Å². The molecule has 6 rings (SSSR count). The average molecular weight is 532 g/mol. The minimum atomic E-state index is -0.875. The van der Waals surface area contributed by atoms with Crippen molar-refractivity contribution in [3.63, 3.8) is 0 Å². The fraction of sp³-hybridized carbons (Fsp3) is 0.0769. The van der Waals surface area contributed by atoms with Gasteiger partial charge < -0.3 is 19.9 Å². The molecule has 0 radical (unpaired) electrons. The molecule has 2 heterocycles. The quantitative estimate of drug-likeness (QED) is 0.346. The largest absolute Gasteiger partial charge is 0.507 e. The summed E-state index contributed by atoms with van der Waals surface area (Å²) in [6, 6.07) is 21.0. The highest BCUT2D eigenvalue weighted by atomic mass is 79.9. The van der Waals surface area contributed by atoms with Gasteiger partial charge in [-0.25, -0.2) is 5.01 Å². The van der Waals surface area contributed by atoms with Gasteiger partial charge in [0, 0.05) is 21.3 Å². The Bertz CT molecular complexity index is 1520. The number of benzene rings is 4. The van der Waals surface area contributed by atoms with Gasteiger partial charge in [0.1, 0.15) is 5.75 Å². The molecule has 0 aliphatic carbocycles. The number of amides is 2. The number of carbonyl (C=O) groups excluding carboxylic acids is 2.